The molecule has 116 valence electrons. The van der Waals surface area contributed by atoms with E-state index >= 15 is 0 Å². The third kappa shape index (κ3) is 3.34. The minimum absolute atomic E-state index is 0.110. The quantitative estimate of drug-likeness (QED) is 0.768. The molecule has 5 nitrogen and oxygen atoms in total. The third-order valence-corrected chi connectivity index (χ3v) is 4.25. The molecule has 0 amide bonds. The lowest BCUT2D eigenvalue weighted by atomic mass is 10.0. The highest BCUT2D eigenvalue weighted by Crippen LogP contribution is 2.42. The smallest absolute Gasteiger partial charge is 0.302 e. The Hall–Kier alpha value is -1.77. The Morgan fingerprint density at radius 1 is 1.45 bits per heavy atom. The number of esters is 1. The average molecular weight is 342 g/mol. The number of ether oxygens (including phenoxy) is 2. The summed E-state index contributed by atoms with van der Waals surface area (Å²) in [7, 11) is 0. The number of fused-ring (bicyclic) bond motifs is 1. The summed E-state index contributed by atoms with van der Waals surface area (Å²) in [6.07, 6.45) is 0.907. The first kappa shape index (κ1) is 16.6. The molecule has 0 aliphatic heterocycles. The normalized spacial score (nSPS) is 16.1. The van der Waals surface area contributed by atoms with Crippen LogP contribution in [-0.2, 0) is 16.0 Å². The number of benzene rings is 1. The summed E-state index contributed by atoms with van der Waals surface area (Å²) in [5.74, 6) is -0.494. The first-order valence-corrected chi connectivity index (χ1v) is 7.39. The van der Waals surface area contributed by atoms with Crippen LogP contribution < -0.4 is 4.74 Å². The second kappa shape index (κ2) is 6.99. The first-order valence-electron chi connectivity index (χ1n) is 6.64. The largest absolute Gasteiger partial charge is 0.477 e. The maximum Gasteiger partial charge on any atom is 0.302 e. The number of rotatable bonds is 5. The number of ketones is 1. The van der Waals surface area contributed by atoms with Gasteiger partial charge in [-0.1, -0.05) is 23.2 Å². The van der Waals surface area contributed by atoms with E-state index in [4.69, 9.17) is 37.9 Å². The van der Waals surface area contributed by atoms with Crippen molar-refractivity contribution < 1.29 is 19.1 Å². The third-order valence-electron chi connectivity index (χ3n) is 3.40. The summed E-state index contributed by atoms with van der Waals surface area (Å²) < 4.78 is 10.1. The molecule has 7 heteroatoms. The molecule has 0 spiro atoms. The monoisotopic (exact) mass is 341 g/mol. The number of carbonyl (C=O) groups is 2. The second-order valence-corrected chi connectivity index (χ2v) is 5.63. The van der Waals surface area contributed by atoms with E-state index < -0.39 is 0 Å². The molecular weight excluding hydrogens is 329 g/mol. The Morgan fingerprint density at radius 2 is 2.18 bits per heavy atom. The molecule has 0 bridgehead atoms. The molecule has 22 heavy (non-hydrogen) atoms. The van der Waals surface area contributed by atoms with Crippen LogP contribution in [-0.4, -0.2) is 25.0 Å². The van der Waals surface area contributed by atoms with Crippen LogP contribution in [0.25, 0.3) is 0 Å². The Labute approximate surface area is 137 Å². The lowest BCUT2D eigenvalue weighted by Gasteiger charge is -2.09. The number of nitriles is 1. The minimum Gasteiger partial charge on any atom is -0.477 e. The molecule has 0 saturated heterocycles. The summed E-state index contributed by atoms with van der Waals surface area (Å²) in [5, 5.41) is 8.84. The molecule has 2 rings (SSSR count). The van der Waals surface area contributed by atoms with Gasteiger partial charge in [0.15, 0.2) is 12.4 Å². The van der Waals surface area contributed by atoms with Crippen LogP contribution in [0.5, 0.6) is 5.75 Å². The summed E-state index contributed by atoms with van der Waals surface area (Å²) >= 11 is 12.2. The van der Waals surface area contributed by atoms with Gasteiger partial charge in [-0.05, 0) is 24.5 Å². The van der Waals surface area contributed by atoms with E-state index in [1.54, 1.807) is 6.07 Å². The molecule has 1 unspecified atom stereocenters. The number of nitrogens with zero attached hydrogens (tertiary/aromatic N) is 1. The van der Waals surface area contributed by atoms with Gasteiger partial charge in [0, 0.05) is 18.4 Å². The number of Topliss-reactive ketones (excluding diaryl/α,β-unsaturated/α-hetero) is 1. The molecule has 0 radical (unpaired) electrons. The van der Waals surface area contributed by atoms with Gasteiger partial charge >= 0.3 is 5.97 Å². The molecule has 0 heterocycles. The predicted molar refractivity (Wildman–Crippen MR) is 80.3 cm³/mol. The van der Waals surface area contributed by atoms with E-state index in [9.17, 15) is 9.59 Å². The zero-order valence-electron chi connectivity index (χ0n) is 11.8. The molecule has 0 aromatic heterocycles. The van der Waals surface area contributed by atoms with Crippen LogP contribution in [0.15, 0.2) is 6.07 Å². The van der Waals surface area contributed by atoms with Crippen molar-refractivity contribution in [2.75, 3.05) is 13.2 Å². The fraction of sp³-hybridized carbons (Fsp3) is 0.400. The first-order chi connectivity index (χ1) is 10.5. The molecule has 0 saturated carbocycles. The average Bonchev–Trinajstić information content (AvgIpc) is 2.77. The van der Waals surface area contributed by atoms with Crippen molar-refractivity contribution in [1.29, 1.82) is 5.26 Å². The Balaban J connectivity index is 2.20. The molecule has 1 aromatic carbocycles. The summed E-state index contributed by atoms with van der Waals surface area (Å²) in [6, 6.07) is 3.49. The van der Waals surface area contributed by atoms with Crippen molar-refractivity contribution in [1.82, 2.24) is 0 Å². The molecule has 0 N–H and O–H groups in total. The summed E-state index contributed by atoms with van der Waals surface area (Å²) in [4.78, 5) is 23.2. The van der Waals surface area contributed by atoms with Gasteiger partial charge in [0.05, 0.1) is 11.6 Å². The van der Waals surface area contributed by atoms with E-state index in [0.29, 0.717) is 24.2 Å². The van der Waals surface area contributed by atoms with Crippen LogP contribution in [0.3, 0.4) is 0 Å². The van der Waals surface area contributed by atoms with Gasteiger partial charge in [0.2, 0.25) is 0 Å². The molecular formula is C15H13Cl2NO4. The number of halogens is 2. The van der Waals surface area contributed by atoms with Crippen LogP contribution >= 0.6 is 23.2 Å². The molecule has 1 atom stereocenters. The van der Waals surface area contributed by atoms with Crippen molar-refractivity contribution >= 4 is 35.0 Å². The van der Waals surface area contributed by atoms with Crippen LogP contribution in [0.1, 0.15) is 29.3 Å². The van der Waals surface area contributed by atoms with Crippen molar-refractivity contribution in [3.8, 4) is 11.8 Å². The van der Waals surface area contributed by atoms with E-state index in [1.165, 1.54) is 6.92 Å². The maximum absolute atomic E-state index is 12.4. The van der Waals surface area contributed by atoms with E-state index in [0.717, 1.165) is 5.56 Å². The lowest BCUT2D eigenvalue weighted by Crippen LogP contribution is -2.13. The van der Waals surface area contributed by atoms with E-state index in [2.05, 4.69) is 0 Å². The molecule has 1 aliphatic rings. The summed E-state index contributed by atoms with van der Waals surface area (Å²) in [6.45, 7) is 1.35. The number of carbonyl (C=O) groups excluding carboxylic acids is 2. The van der Waals surface area contributed by atoms with Gasteiger partial charge in [0.1, 0.15) is 16.8 Å². The van der Waals surface area contributed by atoms with Crippen LogP contribution in [0.4, 0.5) is 0 Å². The van der Waals surface area contributed by atoms with Gasteiger partial charge in [-0.3, -0.25) is 9.59 Å². The standard InChI is InChI=1S/C15H13Cl2NO4/c1-8(19)21-4-2-9-6-10-7-11(22-5-3-18)13(16)14(17)12(10)15(9)20/h7,9H,2,4-6H2,1H3. The van der Waals surface area contributed by atoms with Crippen LogP contribution in [0, 0.1) is 17.2 Å². The van der Waals surface area contributed by atoms with Gasteiger partial charge in [-0.15, -0.1) is 0 Å². The van der Waals surface area contributed by atoms with Gasteiger partial charge in [0.25, 0.3) is 0 Å². The highest BCUT2D eigenvalue weighted by Gasteiger charge is 2.34. The Bertz CT molecular complexity index is 666. The second-order valence-electron chi connectivity index (χ2n) is 4.88. The zero-order chi connectivity index (χ0) is 16.3. The Kier molecular flexibility index (Phi) is 5.28. The number of hydrogen-bond donors (Lipinski definition) is 0. The van der Waals surface area contributed by atoms with Gasteiger partial charge < -0.3 is 9.47 Å². The zero-order valence-corrected chi connectivity index (χ0v) is 13.3. The van der Waals surface area contributed by atoms with E-state index in [1.807, 2.05) is 6.07 Å². The highest BCUT2D eigenvalue weighted by atomic mass is 35.5. The summed E-state index contributed by atoms with van der Waals surface area (Å²) in [5.41, 5.74) is 1.13. The highest BCUT2D eigenvalue weighted by molar-refractivity contribution is 6.45. The van der Waals surface area contributed by atoms with Crippen LogP contribution in [0.2, 0.25) is 10.0 Å². The van der Waals surface area contributed by atoms with Crippen molar-refractivity contribution in [2.24, 2.45) is 5.92 Å². The SMILES string of the molecule is CC(=O)OCCC1Cc2cc(OCC#N)c(Cl)c(Cl)c2C1=O. The topological polar surface area (TPSA) is 76.4 Å². The van der Waals surface area contributed by atoms with Crippen molar-refractivity contribution in [2.45, 2.75) is 19.8 Å². The predicted octanol–water partition coefficient (Wildman–Crippen LogP) is 3.20. The lowest BCUT2D eigenvalue weighted by molar-refractivity contribution is -0.141. The fourth-order valence-electron chi connectivity index (χ4n) is 2.44. The Morgan fingerprint density at radius 3 is 2.82 bits per heavy atom. The van der Waals surface area contributed by atoms with Gasteiger partial charge in [-0.2, -0.15) is 5.26 Å². The maximum atomic E-state index is 12.4. The molecule has 0 fully saturated rings. The molecule has 1 aromatic rings. The number of hydrogen-bond acceptors (Lipinski definition) is 5. The van der Waals surface area contributed by atoms with Crippen molar-refractivity contribution in [3.63, 3.8) is 0 Å². The van der Waals surface area contributed by atoms with Gasteiger partial charge in [-0.25, -0.2) is 0 Å². The molecule has 1 aliphatic carbocycles. The minimum atomic E-state index is -0.378. The van der Waals surface area contributed by atoms with E-state index in [-0.39, 0.29) is 40.9 Å². The van der Waals surface area contributed by atoms with Crippen molar-refractivity contribution in [3.05, 3.63) is 27.2 Å². The fourth-order valence-corrected chi connectivity index (χ4v) is 2.95.